The quantitative estimate of drug-likeness (QED) is 0.608. The molecular formula is C14H17NO4S2. The number of nitrogens with zero attached hydrogens (tertiary/aromatic N) is 1. The molecule has 5 nitrogen and oxygen atoms in total. The van der Waals surface area contributed by atoms with Crippen LogP contribution in [-0.4, -0.2) is 48.7 Å². The highest BCUT2D eigenvalue weighted by Crippen LogP contribution is 2.61. The average Bonchev–Trinajstić information content (AvgIpc) is 2.67. The second-order valence-electron chi connectivity index (χ2n) is 5.72. The molecule has 2 rings (SSSR count). The molecule has 1 unspecified atom stereocenters. The highest BCUT2D eigenvalue weighted by molar-refractivity contribution is 8.02. The summed E-state index contributed by atoms with van der Waals surface area (Å²) in [6, 6.07) is -0.864. The zero-order valence-electron chi connectivity index (χ0n) is 12.1. The summed E-state index contributed by atoms with van der Waals surface area (Å²) in [5.74, 6) is -1.32. The van der Waals surface area contributed by atoms with Crippen molar-refractivity contribution in [1.82, 2.24) is 4.90 Å². The van der Waals surface area contributed by atoms with E-state index in [1.165, 1.54) is 25.6 Å². The molecule has 4 atom stereocenters. The van der Waals surface area contributed by atoms with E-state index in [0.717, 1.165) is 0 Å². The summed E-state index contributed by atoms with van der Waals surface area (Å²) in [5, 5.41) is 9.08. The van der Waals surface area contributed by atoms with Crippen LogP contribution in [0.15, 0.2) is 12.7 Å². The molecule has 2 saturated heterocycles. The van der Waals surface area contributed by atoms with Crippen molar-refractivity contribution in [3.63, 3.8) is 0 Å². The molecule has 2 heterocycles. The van der Waals surface area contributed by atoms with Crippen molar-refractivity contribution in [2.45, 2.75) is 43.4 Å². The summed E-state index contributed by atoms with van der Waals surface area (Å²) in [6.45, 7) is 8.31. The summed E-state index contributed by atoms with van der Waals surface area (Å²) in [7, 11) is 0. The zero-order chi connectivity index (χ0) is 16.2. The van der Waals surface area contributed by atoms with Gasteiger partial charge in [-0.1, -0.05) is 18.3 Å². The number of carbonyl (C=O) groups excluding carboxylic acids is 2. The largest absolute Gasteiger partial charge is 0.480 e. The number of carboxylic acids is 1. The molecule has 0 saturated carbocycles. The number of thioether (sulfide) groups is 1. The molecule has 0 radical (unpaired) electrons. The second kappa shape index (κ2) is 4.91. The van der Waals surface area contributed by atoms with Crippen LogP contribution in [0.4, 0.5) is 0 Å². The van der Waals surface area contributed by atoms with Crippen molar-refractivity contribution >= 4 is 46.5 Å². The highest BCUT2D eigenvalue weighted by Gasteiger charge is 2.71. The van der Waals surface area contributed by atoms with Gasteiger partial charge < -0.3 is 10.0 Å². The van der Waals surface area contributed by atoms with Crippen LogP contribution in [0.2, 0.25) is 0 Å². The first-order chi connectivity index (χ1) is 9.61. The van der Waals surface area contributed by atoms with E-state index >= 15 is 0 Å². The van der Waals surface area contributed by atoms with Crippen molar-refractivity contribution in [2.75, 3.05) is 0 Å². The molecule has 2 fully saturated rings. The van der Waals surface area contributed by atoms with E-state index in [2.05, 4.69) is 6.58 Å². The van der Waals surface area contributed by atoms with Gasteiger partial charge in [0.25, 0.3) is 0 Å². The van der Waals surface area contributed by atoms with Crippen molar-refractivity contribution in [1.29, 1.82) is 0 Å². The van der Waals surface area contributed by atoms with E-state index in [0.29, 0.717) is 0 Å². The fourth-order valence-electron chi connectivity index (χ4n) is 3.13. The van der Waals surface area contributed by atoms with Gasteiger partial charge in [0, 0.05) is 6.42 Å². The van der Waals surface area contributed by atoms with Crippen LogP contribution in [0, 0.1) is 5.41 Å². The lowest BCUT2D eigenvalue weighted by Crippen LogP contribution is -2.71. The normalized spacial score (nSPS) is 37.7. The number of fused-ring (bicyclic) bond motifs is 1. The van der Waals surface area contributed by atoms with Gasteiger partial charge in [-0.3, -0.25) is 9.59 Å². The summed E-state index contributed by atoms with van der Waals surface area (Å²) >= 11 is 6.68. The molecule has 0 aromatic carbocycles. The first-order valence-electron chi connectivity index (χ1n) is 6.49. The maximum Gasteiger partial charge on any atom is 0.328 e. The maximum absolute atomic E-state index is 12.2. The number of rotatable bonds is 5. The van der Waals surface area contributed by atoms with E-state index < -0.39 is 27.5 Å². The molecule has 1 N–H and O–H groups in total. The van der Waals surface area contributed by atoms with Gasteiger partial charge in [0.1, 0.15) is 23.0 Å². The summed E-state index contributed by atoms with van der Waals surface area (Å²) in [5.41, 5.74) is -1.06. The van der Waals surface area contributed by atoms with E-state index in [1.54, 1.807) is 17.9 Å². The van der Waals surface area contributed by atoms with Gasteiger partial charge in [-0.05, 0) is 20.8 Å². The van der Waals surface area contributed by atoms with Gasteiger partial charge in [-0.25, -0.2) is 4.79 Å². The third-order valence-electron chi connectivity index (χ3n) is 4.27. The smallest absolute Gasteiger partial charge is 0.328 e. The molecule has 114 valence electrons. The monoisotopic (exact) mass is 327 g/mol. The predicted molar refractivity (Wildman–Crippen MR) is 84.3 cm³/mol. The first-order valence-corrected chi connectivity index (χ1v) is 7.78. The fourth-order valence-corrected chi connectivity index (χ4v) is 5.64. The van der Waals surface area contributed by atoms with E-state index in [-0.39, 0.29) is 23.0 Å². The van der Waals surface area contributed by atoms with Crippen LogP contribution in [0.5, 0.6) is 0 Å². The number of carbonyl (C=O) groups is 3. The first kappa shape index (κ1) is 16.2. The van der Waals surface area contributed by atoms with Gasteiger partial charge in [0.05, 0.1) is 15.1 Å². The Bertz CT molecular complexity index is 575. The van der Waals surface area contributed by atoms with Gasteiger partial charge in [-0.2, -0.15) is 0 Å². The van der Waals surface area contributed by atoms with Crippen molar-refractivity contribution in [3.8, 4) is 0 Å². The molecular weight excluding hydrogens is 310 g/mol. The highest BCUT2D eigenvalue weighted by atomic mass is 32.2. The van der Waals surface area contributed by atoms with Crippen molar-refractivity contribution in [2.24, 2.45) is 5.41 Å². The van der Waals surface area contributed by atoms with Crippen LogP contribution in [0.25, 0.3) is 0 Å². The Balaban J connectivity index is 2.49. The molecule has 0 aromatic rings. The Morgan fingerprint density at radius 3 is 2.43 bits per heavy atom. The Morgan fingerprint density at radius 2 is 2.05 bits per heavy atom. The van der Waals surface area contributed by atoms with Gasteiger partial charge in [-0.15, -0.1) is 18.3 Å². The number of ketones is 2. The number of hydrogen-bond donors (Lipinski definition) is 1. The van der Waals surface area contributed by atoms with E-state index in [1.807, 2.05) is 0 Å². The van der Waals surface area contributed by atoms with Crippen LogP contribution < -0.4 is 0 Å². The number of hydrogen-bond acceptors (Lipinski definition) is 5. The lowest BCUT2D eigenvalue weighted by atomic mass is 9.71. The SMILES string of the molecule is C=C[C@]1(C)S[C@H]2N(C(=S)C2(CC(C)=O)C(C)=O)[C@H]1C(=O)O. The third-order valence-corrected chi connectivity index (χ3v) is 6.60. The van der Waals surface area contributed by atoms with Gasteiger partial charge >= 0.3 is 5.97 Å². The molecule has 2 aliphatic heterocycles. The maximum atomic E-state index is 12.2. The van der Waals surface area contributed by atoms with Gasteiger partial charge in [0.15, 0.2) is 0 Å². The average molecular weight is 327 g/mol. The van der Waals surface area contributed by atoms with Crippen LogP contribution >= 0.6 is 24.0 Å². The summed E-state index contributed by atoms with van der Waals surface area (Å²) in [4.78, 5) is 37.2. The Labute approximate surface area is 132 Å². The predicted octanol–water partition coefficient (Wildman–Crippen LogP) is 1.65. The minimum Gasteiger partial charge on any atom is -0.480 e. The zero-order valence-corrected chi connectivity index (χ0v) is 13.7. The summed E-state index contributed by atoms with van der Waals surface area (Å²) in [6.07, 6.45) is 1.60. The molecule has 2 aliphatic rings. The molecule has 0 bridgehead atoms. The lowest BCUT2D eigenvalue weighted by molar-refractivity contribution is -0.145. The summed E-state index contributed by atoms with van der Waals surface area (Å²) < 4.78 is -0.755. The van der Waals surface area contributed by atoms with Crippen molar-refractivity contribution in [3.05, 3.63) is 12.7 Å². The second-order valence-corrected chi connectivity index (χ2v) is 7.67. The van der Waals surface area contributed by atoms with Crippen LogP contribution in [-0.2, 0) is 14.4 Å². The fraction of sp³-hybridized carbons (Fsp3) is 0.571. The Morgan fingerprint density at radius 1 is 1.48 bits per heavy atom. The van der Waals surface area contributed by atoms with Crippen LogP contribution in [0.1, 0.15) is 27.2 Å². The lowest BCUT2D eigenvalue weighted by Gasteiger charge is -2.54. The molecule has 0 aromatic heterocycles. The number of Topliss-reactive ketones (excluding diaryl/α,β-unsaturated/α-hetero) is 2. The molecule has 0 aliphatic carbocycles. The van der Waals surface area contributed by atoms with Crippen LogP contribution in [0.3, 0.4) is 0 Å². The van der Waals surface area contributed by atoms with Gasteiger partial charge in [0.2, 0.25) is 0 Å². The minimum atomic E-state index is -1.06. The molecule has 21 heavy (non-hydrogen) atoms. The van der Waals surface area contributed by atoms with E-state index in [4.69, 9.17) is 12.2 Å². The minimum absolute atomic E-state index is 0.0227. The van der Waals surface area contributed by atoms with Crippen molar-refractivity contribution < 1.29 is 19.5 Å². The van der Waals surface area contributed by atoms with E-state index in [9.17, 15) is 19.5 Å². The number of aliphatic carboxylic acids is 1. The third kappa shape index (κ3) is 1.97. The Kier molecular flexibility index (Phi) is 3.78. The standard InChI is InChI=1S/C14H17NO4S2/c1-5-13(4)9(10(18)19)15-11(20)14(8(3)17,6-7(2)16)12(15)21-13/h5,9,12H,1,6H2,2-4H3,(H,18,19)/t9-,12+,13-,14?/m0/s1. The molecule has 0 spiro atoms. The number of thiocarbonyl (C=S) groups is 1. The molecule has 7 heteroatoms. The number of carboxylic acid groups (broad SMARTS) is 1. The topological polar surface area (TPSA) is 74.7 Å². The molecule has 0 amide bonds. The Hall–Kier alpha value is -1.21.